The summed E-state index contributed by atoms with van der Waals surface area (Å²) in [6.45, 7) is 2.01. The molecule has 1 aromatic carbocycles. The van der Waals surface area contributed by atoms with Crippen molar-refractivity contribution in [2.45, 2.75) is 51.3 Å². The zero-order valence-electron chi connectivity index (χ0n) is 14.5. The van der Waals surface area contributed by atoms with Gasteiger partial charge in [-0.3, -0.25) is 9.48 Å². The number of aliphatic hydroxyl groups is 1. The average molecular weight is 339 g/mol. The Bertz CT molecular complexity index is 735. The topological polar surface area (TPSA) is 58.4 Å². The van der Waals surface area contributed by atoms with Crippen LogP contribution in [0.4, 0.5) is 0 Å². The molecule has 1 aliphatic carbocycles. The van der Waals surface area contributed by atoms with Gasteiger partial charge in [-0.1, -0.05) is 43.2 Å². The lowest BCUT2D eigenvalue weighted by Crippen LogP contribution is -2.38. The van der Waals surface area contributed by atoms with E-state index in [2.05, 4.69) is 5.10 Å². The van der Waals surface area contributed by atoms with E-state index in [1.54, 1.807) is 0 Å². The van der Waals surface area contributed by atoms with E-state index in [4.69, 9.17) is 0 Å². The molecule has 25 heavy (non-hydrogen) atoms. The van der Waals surface area contributed by atoms with Crippen LogP contribution in [0.5, 0.6) is 0 Å². The van der Waals surface area contributed by atoms with Crippen LogP contribution in [-0.2, 0) is 17.9 Å². The molecule has 0 bridgehead atoms. The maximum Gasteiger partial charge on any atom is 0.223 e. The van der Waals surface area contributed by atoms with Gasteiger partial charge in [0, 0.05) is 13.0 Å². The number of fused-ring (bicyclic) bond motifs is 1. The fourth-order valence-corrected chi connectivity index (χ4v) is 4.03. The molecule has 1 aliphatic heterocycles. The SMILES string of the molecule is O=C(CC1CCCC1)N1CCn2nc(C(O)c3ccccc3)cc2C1. The molecule has 1 N–H and O–H groups in total. The minimum absolute atomic E-state index is 0.268. The van der Waals surface area contributed by atoms with Crippen LogP contribution < -0.4 is 0 Å². The van der Waals surface area contributed by atoms with Crippen molar-refractivity contribution in [3.05, 3.63) is 53.3 Å². The van der Waals surface area contributed by atoms with Gasteiger partial charge in [-0.25, -0.2) is 0 Å². The first-order valence-corrected chi connectivity index (χ1v) is 9.28. The molecule has 1 unspecified atom stereocenters. The van der Waals surface area contributed by atoms with Crippen molar-refractivity contribution >= 4 is 5.91 Å². The summed E-state index contributed by atoms with van der Waals surface area (Å²) >= 11 is 0. The molecule has 1 atom stereocenters. The van der Waals surface area contributed by atoms with Crippen molar-refractivity contribution in [3.8, 4) is 0 Å². The van der Waals surface area contributed by atoms with Gasteiger partial charge in [-0.05, 0) is 30.4 Å². The summed E-state index contributed by atoms with van der Waals surface area (Å²) in [5, 5.41) is 15.1. The largest absolute Gasteiger partial charge is 0.382 e. The number of carbonyl (C=O) groups excluding carboxylic acids is 1. The minimum Gasteiger partial charge on any atom is -0.382 e. The lowest BCUT2D eigenvalue weighted by atomic mass is 10.0. The van der Waals surface area contributed by atoms with E-state index in [-0.39, 0.29) is 5.91 Å². The summed E-state index contributed by atoms with van der Waals surface area (Å²) in [7, 11) is 0. The standard InChI is InChI=1S/C20H25N3O2/c24-19(12-15-6-4-5-7-15)22-10-11-23-17(14-22)13-18(21-23)20(25)16-8-2-1-3-9-16/h1-3,8-9,13,15,20,25H,4-7,10-12,14H2. The fourth-order valence-electron chi connectivity index (χ4n) is 4.03. The van der Waals surface area contributed by atoms with Crippen LogP contribution >= 0.6 is 0 Å². The Labute approximate surface area is 148 Å². The maximum absolute atomic E-state index is 12.6. The first kappa shape index (κ1) is 16.3. The summed E-state index contributed by atoms with van der Waals surface area (Å²) in [6, 6.07) is 11.5. The second kappa shape index (κ2) is 7.00. The zero-order chi connectivity index (χ0) is 17.2. The highest BCUT2D eigenvalue weighted by Crippen LogP contribution is 2.29. The van der Waals surface area contributed by atoms with Crippen LogP contribution in [-0.4, -0.2) is 32.2 Å². The number of carbonyl (C=O) groups is 1. The molecule has 0 radical (unpaired) electrons. The summed E-state index contributed by atoms with van der Waals surface area (Å²) < 4.78 is 1.93. The Hall–Kier alpha value is -2.14. The van der Waals surface area contributed by atoms with Gasteiger partial charge in [0.2, 0.25) is 5.91 Å². The van der Waals surface area contributed by atoms with E-state index in [1.165, 1.54) is 25.7 Å². The molecule has 2 aliphatic rings. The Morgan fingerprint density at radius 3 is 2.72 bits per heavy atom. The number of nitrogens with zero attached hydrogens (tertiary/aromatic N) is 3. The minimum atomic E-state index is -0.720. The third-order valence-corrected chi connectivity index (χ3v) is 5.50. The predicted octanol–water partition coefficient (Wildman–Crippen LogP) is 2.89. The molecule has 1 amide bonds. The van der Waals surface area contributed by atoms with E-state index in [9.17, 15) is 9.90 Å². The first-order chi connectivity index (χ1) is 12.2. The van der Waals surface area contributed by atoms with Crippen molar-refractivity contribution in [2.75, 3.05) is 6.54 Å². The van der Waals surface area contributed by atoms with Crippen molar-refractivity contribution in [1.29, 1.82) is 0 Å². The molecular formula is C20H25N3O2. The Balaban J connectivity index is 1.44. The second-order valence-electron chi connectivity index (χ2n) is 7.27. The molecule has 5 heteroatoms. The molecule has 1 fully saturated rings. The van der Waals surface area contributed by atoms with Gasteiger partial charge < -0.3 is 10.0 Å². The lowest BCUT2D eigenvalue weighted by Gasteiger charge is -2.28. The van der Waals surface area contributed by atoms with Gasteiger partial charge in [0.15, 0.2) is 0 Å². The smallest absolute Gasteiger partial charge is 0.223 e. The third kappa shape index (κ3) is 3.47. The van der Waals surface area contributed by atoms with Crippen LogP contribution in [0.1, 0.15) is 55.2 Å². The molecular weight excluding hydrogens is 314 g/mol. The van der Waals surface area contributed by atoms with Crippen molar-refractivity contribution in [2.24, 2.45) is 5.92 Å². The van der Waals surface area contributed by atoms with E-state index >= 15 is 0 Å². The monoisotopic (exact) mass is 339 g/mol. The highest BCUT2D eigenvalue weighted by Gasteiger charge is 2.27. The van der Waals surface area contributed by atoms with E-state index in [1.807, 2.05) is 46.0 Å². The first-order valence-electron chi connectivity index (χ1n) is 9.28. The maximum atomic E-state index is 12.6. The van der Waals surface area contributed by atoms with Crippen LogP contribution in [0.3, 0.4) is 0 Å². The average Bonchev–Trinajstić information content (AvgIpc) is 3.30. The quantitative estimate of drug-likeness (QED) is 0.932. The summed E-state index contributed by atoms with van der Waals surface area (Å²) in [5.41, 5.74) is 2.51. The van der Waals surface area contributed by atoms with E-state index < -0.39 is 6.10 Å². The van der Waals surface area contributed by atoms with Crippen molar-refractivity contribution in [3.63, 3.8) is 0 Å². The number of aromatic nitrogens is 2. The molecule has 132 valence electrons. The van der Waals surface area contributed by atoms with Crippen LogP contribution in [0.25, 0.3) is 0 Å². The van der Waals surface area contributed by atoms with Crippen molar-refractivity contribution < 1.29 is 9.90 Å². The number of rotatable bonds is 4. The van der Waals surface area contributed by atoms with E-state index in [0.717, 1.165) is 11.3 Å². The van der Waals surface area contributed by atoms with Gasteiger partial charge >= 0.3 is 0 Å². The summed E-state index contributed by atoms with van der Waals surface area (Å²) in [5.74, 6) is 0.847. The Morgan fingerprint density at radius 2 is 1.96 bits per heavy atom. The van der Waals surface area contributed by atoms with Gasteiger partial charge in [0.05, 0.1) is 24.5 Å². The Morgan fingerprint density at radius 1 is 1.20 bits per heavy atom. The van der Waals surface area contributed by atoms with Gasteiger partial charge in [0.25, 0.3) is 0 Å². The number of hydrogen-bond donors (Lipinski definition) is 1. The molecule has 2 aromatic rings. The highest BCUT2D eigenvalue weighted by atomic mass is 16.3. The lowest BCUT2D eigenvalue weighted by molar-refractivity contribution is -0.133. The van der Waals surface area contributed by atoms with Crippen LogP contribution in [0, 0.1) is 5.92 Å². The molecule has 5 nitrogen and oxygen atoms in total. The number of hydrogen-bond acceptors (Lipinski definition) is 3. The van der Waals surface area contributed by atoms with Crippen molar-refractivity contribution in [1.82, 2.24) is 14.7 Å². The molecule has 1 saturated carbocycles. The number of aliphatic hydroxyl groups excluding tert-OH is 1. The fraction of sp³-hybridized carbons (Fsp3) is 0.500. The number of amides is 1. The second-order valence-corrected chi connectivity index (χ2v) is 7.27. The summed E-state index contributed by atoms with van der Waals surface area (Å²) in [4.78, 5) is 14.5. The molecule has 2 heterocycles. The third-order valence-electron chi connectivity index (χ3n) is 5.50. The predicted molar refractivity (Wildman–Crippen MR) is 94.7 cm³/mol. The molecule has 4 rings (SSSR count). The van der Waals surface area contributed by atoms with Crippen LogP contribution in [0.15, 0.2) is 36.4 Å². The summed E-state index contributed by atoms with van der Waals surface area (Å²) in [6.07, 6.45) is 4.90. The molecule has 0 saturated heterocycles. The van der Waals surface area contributed by atoms with Crippen LogP contribution in [0.2, 0.25) is 0 Å². The number of benzene rings is 1. The van der Waals surface area contributed by atoms with Gasteiger partial charge in [-0.2, -0.15) is 5.10 Å². The van der Waals surface area contributed by atoms with E-state index in [0.29, 0.717) is 37.7 Å². The molecule has 0 spiro atoms. The zero-order valence-corrected chi connectivity index (χ0v) is 14.5. The highest BCUT2D eigenvalue weighted by molar-refractivity contribution is 5.76. The Kier molecular flexibility index (Phi) is 4.57. The van der Waals surface area contributed by atoms with Gasteiger partial charge in [0.1, 0.15) is 6.10 Å². The normalized spacial score (nSPS) is 19.0. The van der Waals surface area contributed by atoms with Gasteiger partial charge in [-0.15, -0.1) is 0 Å². The molecule has 1 aromatic heterocycles.